The van der Waals surface area contributed by atoms with Crippen LogP contribution in [0.5, 0.6) is 0 Å². The minimum atomic E-state index is -4.75. The van der Waals surface area contributed by atoms with Crippen molar-refractivity contribution in [1.29, 1.82) is 0 Å². The number of carbonyl (C=O) groups is 2. The number of alkyl halides is 3. The van der Waals surface area contributed by atoms with Crippen LogP contribution in [0.3, 0.4) is 0 Å². The molecule has 0 bridgehead atoms. The number of ketones is 1. The summed E-state index contributed by atoms with van der Waals surface area (Å²) in [6, 6.07) is 3.75. The minimum absolute atomic E-state index is 0. The summed E-state index contributed by atoms with van der Waals surface area (Å²) < 4.78 is 52.4. The third-order valence-electron chi connectivity index (χ3n) is 9.25. The van der Waals surface area contributed by atoms with E-state index in [1.54, 1.807) is 19.3 Å². The number of epoxide rings is 1. The molecular weight excluding hydrogens is 801 g/mol. The number of carboxylic acid groups (broad SMARTS) is 1. The van der Waals surface area contributed by atoms with Crippen LogP contribution >= 0.6 is 0 Å². The number of nitrogens with one attached hydrogen (secondary N) is 2. The number of rotatable bonds is 8. The summed E-state index contributed by atoms with van der Waals surface area (Å²) in [4.78, 5) is 50.5. The maximum atomic E-state index is 12.4. The molecule has 3 aliphatic heterocycles. The summed E-state index contributed by atoms with van der Waals surface area (Å²) in [5, 5.41) is 35.6. The highest BCUT2D eigenvalue weighted by atomic mass is 19.4. The number of nitrogens with two attached hydrogens (primary N) is 1. The van der Waals surface area contributed by atoms with Crippen molar-refractivity contribution in [2.75, 3.05) is 36.0 Å². The van der Waals surface area contributed by atoms with Crippen LogP contribution in [0.25, 0.3) is 22.1 Å². The fraction of sp³-hybridized carbons (Fsp3) is 0.444. The lowest BCUT2D eigenvalue weighted by Gasteiger charge is -2.27. The number of Topliss-reactive ketones (excluding diaryl/α,β-unsaturated/α-hetero) is 1. The summed E-state index contributed by atoms with van der Waals surface area (Å²) in [5.74, 6) is 0.979. The van der Waals surface area contributed by atoms with Crippen LogP contribution in [-0.4, -0.2) is 123 Å². The standard InChI is InChI=1S/C17H16F3N5O3.C13H11N5O3.C3H9NO.C3H6O.H3N.H2O/c18-17(19,20)13(27)2-1-11(26)14-10-7-25(6-4-12(10)28-24-14)16-9-3-5-21-15(9)22-8-23-16;19-13(20)10-8-5-18(4-2-9(8)21-17-10)12-7-1-3-14-11(7)15-6-16-12;1-3(5)2-4;1-3-2-4-3;;/h3,5,8,13,27H,1-2,4,6-7H2,(H,21,22,23);1,3,6H,2,4-5H2,(H,19,20)(H,14,15,16);3,5H,2,4H2,1H3;3H,2H2,1H3;1H3;1H2. The zero-order valence-electron chi connectivity index (χ0n) is 32.6. The lowest BCUT2D eigenvalue weighted by molar-refractivity contribution is -0.204. The van der Waals surface area contributed by atoms with Gasteiger partial charge in [-0.15, -0.1) is 0 Å². The molecule has 3 unspecified atom stereocenters. The lowest BCUT2D eigenvalue weighted by Crippen LogP contribution is -2.32. The van der Waals surface area contributed by atoms with Crippen molar-refractivity contribution < 1.29 is 57.3 Å². The molecule has 0 aromatic carbocycles. The number of aromatic amines is 2. The summed E-state index contributed by atoms with van der Waals surface area (Å²) in [6.07, 6.45) is -0.680. The molecule has 12 N–H and O–H groups in total. The number of aliphatic hydroxyl groups is 2. The molecule has 21 nitrogen and oxygen atoms in total. The van der Waals surface area contributed by atoms with E-state index in [1.807, 2.05) is 21.9 Å². The molecular formula is C36H47F3N12O9. The number of halogens is 3. The number of hydrogen-bond donors (Lipinski definition) is 7. The molecule has 9 heterocycles. The number of aromatic carboxylic acids is 1. The molecule has 3 atom stereocenters. The largest absolute Gasteiger partial charge is 0.476 e. The zero-order chi connectivity index (χ0) is 41.6. The van der Waals surface area contributed by atoms with Crippen LogP contribution in [0.15, 0.2) is 46.2 Å². The highest BCUT2D eigenvalue weighted by molar-refractivity contribution is 5.96. The Hall–Kier alpha value is -6.05. The van der Waals surface area contributed by atoms with Crippen LogP contribution in [0.1, 0.15) is 70.3 Å². The van der Waals surface area contributed by atoms with Gasteiger partial charge in [-0.3, -0.25) is 4.79 Å². The zero-order valence-corrected chi connectivity index (χ0v) is 32.6. The lowest BCUT2D eigenvalue weighted by atomic mass is 10.0. The number of aliphatic hydroxyl groups excluding tert-OH is 2. The van der Waals surface area contributed by atoms with Gasteiger partial charge in [0.15, 0.2) is 17.2 Å². The van der Waals surface area contributed by atoms with E-state index in [0.29, 0.717) is 85.8 Å². The van der Waals surface area contributed by atoms with Crippen LogP contribution in [0.4, 0.5) is 24.8 Å². The second-order valence-corrected chi connectivity index (χ2v) is 13.6. The highest BCUT2D eigenvalue weighted by Gasteiger charge is 2.39. The monoisotopic (exact) mass is 848 g/mol. The highest BCUT2D eigenvalue weighted by Crippen LogP contribution is 2.32. The average Bonchev–Trinajstić information content (AvgIpc) is 3.69. The van der Waals surface area contributed by atoms with E-state index in [-0.39, 0.29) is 29.1 Å². The molecule has 60 heavy (non-hydrogen) atoms. The van der Waals surface area contributed by atoms with Gasteiger partial charge in [-0.25, -0.2) is 24.7 Å². The molecule has 0 spiro atoms. The molecule has 1 fully saturated rings. The average molecular weight is 849 g/mol. The third kappa shape index (κ3) is 11.2. The van der Waals surface area contributed by atoms with E-state index in [9.17, 15) is 22.8 Å². The van der Waals surface area contributed by atoms with Crippen molar-refractivity contribution in [1.82, 2.24) is 46.4 Å². The Bertz CT molecular complexity index is 2320. The topological polar surface area (TPSA) is 342 Å². The molecule has 24 heteroatoms. The van der Waals surface area contributed by atoms with Gasteiger partial charge in [0.2, 0.25) is 0 Å². The molecule has 0 aliphatic carbocycles. The second kappa shape index (κ2) is 20.3. The van der Waals surface area contributed by atoms with Crippen molar-refractivity contribution in [2.45, 2.75) is 77.1 Å². The van der Waals surface area contributed by atoms with Gasteiger partial charge in [0.25, 0.3) is 0 Å². The van der Waals surface area contributed by atoms with Gasteiger partial charge in [0, 0.05) is 62.4 Å². The van der Waals surface area contributed by atoms with E-state index in [4.69, 9.17) is 34.8 Å². The molecule has 326 valence electrons. The predicted octanol–water partition coefficient (Wildman–Crippen LogP) is 2.67. The number of aromatic nitrogens is 8. The van der Waals surface area contributed by atoms with Gasteiger partial charge >= 0.3 is 12.1 Å². The van der Waals surface area contributed by atoms with Crippen LogP contribution < -0.4 is 21.7 Å². The van der Waals surface area contributed by atoms with Crippen molar-refractivity contribution in [2.24, 2.45) is 5.73 Å². The van der Waals surface area contributed by atoms with Crippen LogP contribution in [-0.2, 0) is 30.7 Å². The molecule has 0 amide bonds. The van der Waals surface area contributed by atoms with E-state index >= 15 is 0 Å². The summed E-state index contributed by atoms with van der Waals surface area (Å²) in [5.41, 5.74) is 7.51. The number of carbonyl (C=O) groups excluding carboxylic acids is 1. The van der Waals surface area contributed by atoms with Crippen LogP contribution in [0.2, 0.25) is 0 Å². The fourth-order valence-corrected chi connectivity index (χ4v) is 6.03. The van der Waals surface area contributed by atoms with Crippen molar-refractivity contribution in [3.05, 3.63) is 71.2 Å². The molecule has 0 radical (unpaired) electrons. The first-order chi connectivity index (χ1) is 27.7. The Morgan fingerprint density at radius 3 is 1.77 bits per heavy atom. The van der Waals surface area contributed by atoms with Crippen molar-refractivity contribution >= 4 is 45.5 Å². The third-order valence-corrected chi connectivity index (χ3v) is 9.25. The van der Waals surface area contributed by atoms with E-state index < -0.39 is 36.9 Å². The van der Waals surface area contributed by atoms with Gasteiger partial charge in [0.1, 0.15) is 53.2 Å². The fourth-order valence-electron chi connectivity index (χ4n) is 6.03. The van der Waals surface area contributed by atoms with Crippen molar-refractivity contribution in [3.63, 3.8) is 0 Å². The molecule has 9 rings (SSSR count). The molecule has 3 aliphatic rings. The van der Waals surface area contributed by atoms with E-state index in [1.165, 1.54) is 12.7 Å². The number of H-pyrrole nitrogens is 2. The normalized spacial score (nSPS) is 16.2. The number of nitrogens with zero attached hydrogens (tertiary/aromatic N) is 8. The Balaban J connectivity index is 0.000000218. The predicted molar refractivity (Wildman–Crippen MR) is 208 cm³/mol. The van der Waals surface area contributed by atoms with Gasteiger partial charge in [-0.2, -0.15) is 13.2 Å². The summed E-state index contributed by atoms with van der Waals surface area (Å²) in [6.45, 7) is 7.04. The van der Waals surface area contributed by atoms with Gasteiger partial charge in [-0.1, -0.05) is 10.3 Å². The first-order valence-corrected chi connectivity index (χ1v) is 18.3. The molecule has 6 aromatic heterocycles. The first-order valence-electron chi connectivity index (χ1n) is 18.3. The van der Waals surface area contributed by atoms with Gasteiger partial charge < -0.3 is 66.2 Å². The Morgan fingerprint density at radius 2 is 1.35 bits per heavy atom. The smallest absolute Gasteiger partial charge is 0.414 e. The Morgan fingerprint density at radius 1 is 0.900 bits per heavy atom. The van der Waals surface area contributed by atoms with Crippen LogP contribution in [0, 0.1) is 0 Å². The summed E-state index contributed by atoms with van der Waals surface area (Å²) in [7, 11) is 0. The Labute approximate surface area is 339 Å². The summed E-state index contributed by atoms with van der Waals surface area (Å²) >= 11 is 0. The number of carboxylic acids is 1. The molecule has 1 saturated heterocycles. The Kier molecular flexibility index (Phi) is 15.8. The maximum Gasteiger partial charge on any atom is 0.414 e. The quantitative estimate of drug-likeness (QED) is 0.0855. The molecule has 6 aromatic rings. The van der Waals surface area contributed by atoms with Gasteiger partial charge in [-0.05, 0) is 32.4 Å². The minimum Gasteiger partial charge on any atom is -0.476 e. The number of hydrogen-bond acceptors (Lipinski definition) is 17. The molecule has 0 saturated carbocycles. The van der Waals surface area contributed by atoms with E-state index in [0.717, 1.165) is 28.8 Å². The van der Waals surface area contributed by atoms with Gasteiger partial charge in [0.05, 0.1) is 42.7 Å². The first kappa shape index (κ1) is 46.6. The number of fused-ring (bicyclic) bond motifs is 4. The van der Waals surface area contributed by atoms with E-state index in [2.05, 4.69) is 47.1 Å². The number of ether oxygens (including phenoxy) is 1. The number of anilines is 2. The second-order valence-electron chi connectivity index (χ2n) is 13.6. The van der Waals surface area contributed by atoms with Crippen molar-refractivity contribution in [3.8, 4) is 0 Å². The maximum absolute atomic E-state index is 12.4. The SMILES string of the molecule is CC(O)CN.CC1CO1.N.O.O=C(CCC(O)C(F)(F)F)c1noc2c1CN(c1ncnc3[nH]ccc13)CC2.O=C(O)c1noc2c1CN(c1ncnc3[nH]ccc13)CC2.